The molecule has 2 rings (SSSR count). The average molecular weight is 348 g/mol. The first kappa shape index (κ1) is 19.9. The number of hydrogen-bond acceptors (Lipinski definition) is 2. The minimum Gasteiger partial charge on any atom is -0.314 e. The summed E-state index contributed by atoms with van der Waals surface area (Å²) in [5.41, 5.74) is 1.07. The minimum absolute atomic E-state index is 0. The van der Waals surface area contributed by atoms with Crippen LogP contribution in [0.1, 0.15) is 17.2 Å². The molecule has 1 atom stereocenters. The lowest BCUT2D eigenvalue weighted by atomic mass is 10.0. The third kappa shape index (κ3) is 4.18. The van der Waals surface area contributed by atoms with Crippen molar-refractivity contribution < 1.29 is 8.78 Å². The van der Waals surface area contributed by atoms with E-state index >= 15 is 0 Å². The molecule has 1 aromatic carbocycles. The fourth-order valence-corrected chi connectivity index (χ4v) is 2.61. The van der Waals surface area contributed by atoms with Crippen molar-refractivity contribution in [3.63, 3.8) is 0 Å². The first-order valence-electron chi connectivity index (χ1n) is 6.10. The van der Waals surface area contributed by atoms with Gasteiger partial charge in [0.1, 0.15) is 12.5 Å². The van der Waals surface area contributed by atoms with Crippen molar-refractivity contribution in [1.29, 1.82) is 0 Å². The van der Waals surface area contributed by atoms with Crippen LogP contribution in [0.5, 0.6) is 0 Å². The van der Waals surface area contributed by atoms with Gasteiger partial charge < -0.3 is 5.32 Å². The molecule has 1 saturated heterocycles. The largest absolute Gasteiger partial charge is 0.314 e. The summed E-state index contributed by atoms with van der Waals surface area (Å²) >= 11 is 6.14. The first-order chi connectivity index (χ1) is 8.65. The molecular weight excluding hydrogens is 329 g/mol. The van der Waals surface area contributed by atoms with Gasteiger partial charge in [0.15, 0.2) is 0 Å². The summed E-state index contributed by atoms with van der Waals surface area (Å²) in [6, 6.07) is 2.40. The van der Waals surface area contributed by atoms with Crippen molar-refractivity contribution in [2.75, 3.05) is 32.9 Å². The highest BCUT2D eigenvalue weighted by Gasteiger charge is 2.27. The molecule has 0 amide bonds. The average Bonchev–Trinajstić information content (AvgIpc) is 2.40. The van der Waals surface area contributed by atoms with E-state index in [4.69, 9.17) is 11.6 Å². The van der Waals surface area contributed by atoms with Crippen LogP contribution in [0.3, 0.4) is 0 Å². The monoisotopic (exact) mass is 346 g/mol. The molecular formula is C13H19Cl3F2N2. The van der Waals surface area contributed by atoms with Gasteiger partial charge in [-0.2, -0.15) is 0 Å². The maximum Gasteiger partial charge on any atom is 0.129 e. The summed E-state index contributed by atoms with van der Waals surface area (Å²) in [7, 11) is 0. The molecule has 0 saturated carbocycles. The van der Waals surface area contributed by atoms with Gasteiger partial charge in [0.05, 0.1) is 11.1 Å². The van der Waals surface area contributed by atoms with E-state index in [-0.39, 0.29) is 24.8 Å². The highest BCUT2D eigenvalue weighted by molar-refractivity contribution is 6.32. The normalized spacial score (nSPS) is 17.0. The Morgan fingerprint density at radius 1 is 1.30 bits per heavy atom. The van der Waals surface area contributed by atoms with Gasteiger partial charge >= 0.3 is 0 Å². The molecule has 1 fully saturated rings. The molecule has 1 heterocycles. The number of nitrogens with one attached hydrogen (secondary N) is 1. The van der Waals surface area contributed by atoms with Gasteiger partial charge in [0, 0.05) is 31.7 Å². The molecule has 0 unspecified atom stereocenters. The smallest absolute Gasteiger partial charge is 0.129 e. The fourth-order valence-electron chi connectivity index (χ4n) is 2.33. The summed E-state index contributed by atoms with van der Waals surface area (Å²) in [5, 5.41) is 3.54. The van der Waals surface area contributed by atoms with E-state index in [1.807, 2.05) is 4.90 Å². The highest BCUT2D eigenvalue weighted by Crippen LogP contribution is 2.32. The lowest BCUT2D eigenvalue weighted by Crippen LogP contribution is -2.46. The molecule has 0 aliphatic carbocycles. The highest BCUT2D eigenvalue weighted by atomic mass is 35.5. The minimum atomic E-state index is -0.625. The first-order valence-corrected chi connectivity index (χ1v) is 6.48. The van der Waals surface area contributed by atoms with E-state index in [0.717, 1.165) is 18.7 Å². The Bertz CT molecular complexity index is 426. The zero-order valence-electron chi connectivity index (χ0n) is 11.2. The molecule has 1 N–H and O–H groups in total. The SMILES string of the molecule is Cc1ccc(F)c([C@H](CF)N2CCNCC2)c1Cl.Cl.Cl. The summed E-state index contributed by atoms with van der Waals surface area (Å²) in [6.45, 7) is 4.18. The Hall–Kier alpha value is -0.130. The van der Waals surface area contributed by atoms with E-state index in [1.54, 1.807) is 13.0 Å². The number of piperazine rings is 1. The van der Waals surface area contributed by atoms with Crippen molar-refractivity contribution in [1.82, 2.24) is 10.2 Å². The Labute approximate surface area is 135 Å². The number of aryl methyl sites for hydroxylation is 1. The predicted octanol–water partition coefficient (Wildman–Crippen LogP) is 3.55. The van der Waals surface area contributed by atoms with Crippen LogP contribution in [-0.2, 0) is 0 Å². The number of rotatable bonds is 3. The lowest BCUT2D eigenvalue weighted by molar-refractivity contribution is 0.144. The molecule has 0 aromatic heterocycles. The van der Waals surface area contributed by atoms with Crippen molar-refractivity contribution >= 4 is 36.4 Å². The summed E-state index contributed by atoms with van der Waals surface area (Å²) in [4.78, 5) is 1.94. The van der Waals surface area contributed by atoms with Gasteiger partial charge in [-0.05, 0) is 18.6 Å². The van der Waals surface area contributed by atoms with Crippen molar-refractivity contribution in [3.8, 4) is 0 Å². The molecule has 1 aliphatic heterocycles. The molecule has 116 valence electrons. The zero-order chi connectivity index (χ0) is 13.1. The van der Waals surface area contributed by atoms with Crippen LogP contribution in [0.25, 0.3) is 0 Å². The summed E-state index contributed by atoms with van der Waals surface area (Å²) < 4.78 is 27.3. The van der Waals surface area contributed by atoms with Crippen LogP contribution in [0.2, 0.25) is 5.02 Å². The van der Waals surface area contributed by atoms with E-state index in [2.05, 4.69) is 5.32 Å². The molecule has 20 heavy (non-hydrogen) atoms. The molecule has 7 heteroatoms. The van der Waals surface area contributed by atoms with Crippen LogP contribution in [0.15, 0.2) is 12.1 Å². The number of nitrogens with zero attached hydrogens (tertiary/aromatic N) is 1. The topological polar surface area (TPSA) is 15.3 Å². The van der Waals surface area contributed by atoms with Crippen LogP contribution < -0.4 is 5.32 Å². The number of halogens is 5. The number of hydrogen-bond donors (Lipinski definition) is 1. The fraction of sp³-hybridized carbons (Fsp3) is 0.538. The second-order valence-corrected chi connectivity index (χ2v) is 4.93. The van der Waals surface area contributed by atoms with E-state index < -0.39 is 18.5 Å². The van der Waals surface area contributed by atoms with Crippen molar-refractivity contribution in [2.24, 2.45) is 0 Å². The molecule has 0 bridgehead atoms. The Kier molecular flexibility index (Phi) is 8.95. The molecule has 1 aliphatic rings. The van der Waals surface area contributed by atoms with Gasteiger partial charge in [0.25, 0.3) is 0 Å². The molecule has 0 radical (unpaired) electrons. The van der Waals surface area contributed by atoms with E-state index in [1.165, 1.54) is 6.07 Å². The molecule has 0 spiro atoms. The van der Waals surface area contributed by atoms with Crippen LogP contribution >= 0.6 is 36.4 Å². The summed E-state index contributed by atoms with van der Waals surface area (Å²) in [6.07, 6.45) is 0. The third-order valence-corrected chi connectivity index (χ3v) is 3.89. The van der Waals surface area contributed by atoms with Gasteiger partial charge in [-0.1, -0.05) is 17.7 Å². The zero-order valence-corrected chi connectivity index (χ0v) is 13.6. The quantitative estimate of drug-likeness (QED) is 0.899. The standard InChI is InChI=1S/C13H17ClF2N2.2ClH/c1-9-2-3-10(16)12(13(9)14)11(8-15)18-6-4-17-5-7-18;;/h2-3,11,17H,4-8H2,1H3;2*1H/t11-;;/m0../s1. The second-order valence-electron chi connectivity index (χ2n) is 4.55. The Morgan fingerprint density at radius 2 is 1.90 bits per heavy atom. The molecule has 2 nitrogen and oxygen atoms in total. The maximum atomic E-state index is 13.9. The van der Waals surface area contributed by atoms with Crippen molar-refractivity contribution in [3.05, 3.63) is 34.1 Å². The summed E-state index contributed by atoms with van der Waals surface area (Å²) in [5.74, 6) is -0.424. The van der Waals surface area contributed by atoms with Gasteiger partial charge in [0.2, 0.25) is 0 Å². The van der Waals surface area contributed by atoms with Crippen LogP contribution in [0, 0.1) is 12.7 Å². The Morgan fingerprint density at radius 3 is 2.45 bits per heavy atom. The van der Waals surface area contributed by atoms with Crippen LogP contribution in [0.4, 0.5) is 8.78 Å². The van der Waals surface area contributed by atoms with Crippen molar-refractivity contribution in [2.45, 2.75) is 13.0 Å². The van der Waals surface area contributed by atoms with Crippen LogP contribution in [-0.4, -0.2) is 37.8 Å². The third-order valence-electron chi connectivity index (χ3n) is 3.39. The van der Waals surface area contributed by atoms with Gasteiger partial charge in [-0.3, -0.25) is 4.90 Å². The maximum absolute atomic E-state index is 13.9. The van der Waals surface area contributed by atoms with E-state index in [0.29, 0.717) is 23.7 Å². The Balaban J connectivity index is 0.00000180. The van der Waals surface area contributed by atoms with Gasteiger partial charge in [-0.15, -0.1) is 24.8 Å². The number of benzene rings is 1. The van der Waals surface area contributed by atoms with E-state index in [9.17, 15) is 8.78 Å². The number of alkyl halides is 1. The van der Waals surface area contributed by atoms with Gasteiger partial charge in [-0.25, -0.2) is 8.78 Å². The predicted molar refractivity (Wildman–Crippen MR) is 83.8 cm³/mol. The second kappa shape index (κ2) is 9.00. The molecule has 1 aromatic rings. The lowest BCUT2D eigenvalue weighted by Gasteiger charge is -2.34.